The molecule has 0 aromatic carbocycles. The molecule has 0 aliphatic heterocycles. The standard InChI is InChI=1S/2NO3.H2O.Pt/c2*2-1(3)4;;/h;;1H2;/q2*-1;;+2. The molecule has 0 aliphatic rings. The van der Waals surface area contributed by atoms with Gasteiger partial charge in [0, 0.05) is 0 Å². The third-order valence-electron chi connectivity index (χ3n) is 0. The minimum Gasteiger partial charge on any atom is -0.412 e. The molecule has 9 nitrogen and oxygen atoms in total. The first-order valence-corrected chi connectivity index (χ1v) is 1.10. The van der Waals surface area contributed by atoms with Gasteiger partial charge in [-0.1, -0.05) is 0 Å². The maximum atomic E-state index is 8.25. The zero-order chi connectivity index (χ0) is 7.15. The molecule has 0 aromatic heterocycles. The van der Waals surface area contributed by atoms with Gasteiger partial charge in [-0.05, 0) is 0 Å². The Balaban J connectivity index is -0.0000000300. The maximum Gasteiger partial charge on any atom is 2.00 e. The second-order valence-electron chi connectivity index (χ2n) is 0.447. The van der Waals surface area contributed by atoms with Crippen LogP contribution in [0.5, 0.6) is 0 Å². The molecule has 0 aromatic rings. The summed E-state index contributed by atoms with van der Waals surface area (Å²) >= 11 is 0. The van der Waals surface area contributed by atoms with E-state index in [4.69, 9.17) is 30.6 Å². The predicted molar refractivity (Wildman–Crippen MR) is 24.3 cm³/mol. The molecule has 10 heavy (non-hydrogen) atoms. The van der Waals surface area contributed by atoms with E-state index in [0.717, 1.165) is 0 Å². The molecule has 0 heterocycles. The van der Waals surface area contributed by atoms with Crippen LogP contribution in [0.1, 0.15) is 0 Å². The van der Waals surface area contributed by atoms with E-state index in [0.29, 0.717) is 0 Å². The Bertz CT molecular complexity index is 69.6. The third kappa shape index (κ3) is 285. The fraction of sp³-hybridized carbons (Fsp3) is 0. The molecule has 0 radical (unpaired) electrons. The van der Waals surface area contributed by atoms with Gasteiger partial charge in [0.05, 0.1) is 10.2 Å². The van der Waals surface area contributed by atoms with Crippen molar-refractivity contribution in [3.63, 3.8) is 0 Å². The Hall–Kier alpha value is -0.952. The Morgan fingerprint density at radius 3 is 0.800 bits per heavy atom. The van der Waals surface area contributed by atoms with Gasteiger partial charge in [0.25, 0.3) is 0 Å². The van der Waals surface area contributed by atoms with Gasteiger partial charge in [0.15, 0.2) is 0 Å². The molecule has 0 fully saturated rings. The van der Waals surface area contributed by atoms with Crippen molar-refractivity contribution in [2.24, 2.45) is 0 Å². The van der Waals surface area contributed by atoms with Crippen molar-refractivity contribution in [2.75, 3.05) is 0 Å². The molecule has 0 saturated heterocycles. The first-order chi connectivity index (χ1) is 3.46. The molecule has 0 unspecified atom stereocenters. The van der Waals surface area contributed by atoms with Gasteiger partial charge in [0.1, 0.15) is 0 Å². The van der Waals surface area contributed by atoms with Crippen LogP contribution in [0.3, 0.4) is 0 Å². The van der Waals surface area contributed by atoms with Crippen LogP contribution in [-0.4, -0.2) is 15.6 Å². The van der Waals surface area contributed by atoms with Crippen molar-refractivity contribution < 1.29 is 36.7 Å². The smallest absolute Gasteiger partial charge is 0.412 e. The van der Waals surface area contributed by atoms with Crippen LogP contribution in [0.2, 0.25) is 0 Å². The van der Waals surface area contributed by atoms with Crippen LogP contribution < -0.4 is 0 Å². The van der Waals surface area contributed by atoms with E-state index in [-0.39, 0.29) is 26.5 Å². The molecular formula is H2N2O7Pt. The SMILES string of the molecule is O.O=[N+]([O-])[O-].O=[N+]([O-])[O-].[Pt+2]. The first-order valence-electron chi connectivity index (χ1n) is 1.10. The van der Waals surface area contributed by atoms with Gasteiger partial charge in [-0.2, -0.15) is 0 Å². The summed E-state index contributed by atoms with van der Waals surface area (Å²) in [5.74, 6) is 0. The summed E-state index contributed by atoms with van der Waals surface area (Å²) in [5.41, 5.74) is 0. The Morgan fingerprint density at radius 1 is 0.800 bits per heavy atom. The van der Waals surface area contributed by atoms with Crippen LogP contribution >= 0.6 is 0 Å². The largest absolute Gasteiger partial charge is 2.00 e. The van der Waals surface area contributed by atoms with Crippen LogP contribution in [0, 0.1) is 30.6 Å². The Morgan fingerprint density at radius 2 is 0.800 bits per heavy atom. The summed E-state index contributed by atoms with van der Waals surface area (Å²) in [6.07, 6.45) is 0. The molecule has 64 valence electrons. The average molecular weight is 337 g/mol. The van der Waals surface area contributed by atoms with Crippen molar-refractivity contribution >= 4 is 0 Å². The average Bonchev–Trinajstić information content (AvgIpc) is 1.25. The summed E-state index contributed by atoms with van der Waals surface area (Å²) in [6, 6.07) is 0. The fourth-order valence-corrected chi connectivity index (χ4v) is 0. The number of nitrogens with zero attached hydrogens (tertiary/aromatic N) is 2. The van der Waals surface area contributed by atoms with E-state index < -0.39 is 10.2 Å². The van der Waals surface area contributed by atoms with Crippen LogP contribution in [-0.2, 0) is 21.1 Å². The van der Waals surface area contributed by atoms with Gasteiger partial charge in [-0.25, -0.2) is 0 Å². The normalized spacial score (nSPS) is 4.80. The van der Waals surface area contributed by atoms with Gasteiger partial charge >= 0.3 is 21.1 Å². The van der Waals surface area contributed by atoms with E-state index in [1.165, 1.54) is 0 Å². The summed E-state index contributed by atoms with van der Waals surface area (Å²) in [5, 5.41) is 29.5. The van der Waals surface area contributed by atoms with Crippen LogP contribution in [0.4, 0.5) is 0 Å². The molecule has 0 bridgehead atoms. The third-order valence-corrected chi connectivity index (χ3v) is 0. The molecule has 0 amide bonds. The summed E-state index contributed by atoms with van der Waals surface area (Å²) in [7, 11) is 0. The molecule has 0 rings (SSSR count). The molecular weight excluding hydrogens is 335 g/mol. The molecule has 0 saturated carbocycles. The fourth-order valence-electron chi connectivity index (χ4n) is 0. The Labute approximate surface area is 68.1 Å². The molecule has 10 heteroatoms. The number of hydrogen-bond acceptors (Lipinski definition) is 6. The quantitative estimate of drug-likeness (QED) is 0.393. The van der Waals surface area contributed by atoms with Gasteiger partial charge in [0.2, 0.25) is 0 Å². The number of hydrogen-bond donors (Lipinski definition) is 0. The Kier molecular flexibility index (Phi) is 36.1. The molecule has 2 N–H and O–H groups in total. The minimum atomic E-state index is -1.75. The molecule has 0 atom stereocenters. The van der Waals surface area contributed by atoms with Gasteiger partial charge < -0.3 is 36.1 Å². The maximum absolute atomic E-state index is 8.25. The van der Waals surface area contributed by atoms with Crippen LogP contribution in [0.25, 0.3) is 0 Å². The van der Waals surface area contributed by atoms with E-state index in [1.54, 1.807) is 0 Å². The first kappa shape index (κ1) is 23.0. The topological polar surface area (TPSA) is 164 Å². The van der Waals surface area contributed by atoms with Crippen LogP contribution in [0.15, 0.2) is 0 Å². The zero-order valence-corrected chi connectivity index (χ0v) is 6.43. The second kappa shape index (κ2) is 15.7. The predicted octanol–water partition coefficient (Wildman–Crippen LogP) is -1.31. The van der Waals surface area contributed by atoms with E-state index in [9.17, 15) is 0 Å². The summed E-state index contributed by atoms with van der Waals surface area (Å²) < 4.78 is 0. The monoisotopic (exact) mass is 337 g/mol. The van der Waals surface area contributed by atoms with Crippen molar-refractivity contribution in [3.8, 4) is 0 Å². The molecule has 0 spiro atoms. The second-order valence-corrected chi connectivity index (χ2v) is 0.447. The summed E-state index contributed by atoms with van der Waals surface area (Å²) in [6.45, 7) is 0. The van der Waals surface area contributed by atoms with Crippen molar-refractivity contribution in [3.05, 3.63) is 30.6 Å². The van der Waals surface area contributed by atoms with Crippen molar-refractivity contribution in [1.82, 2.24) is 0 Å². The van der Waals surface area contributed by atoms with E-state index >= 15 is 0 Å². The summed E-state index contributed by atoms with van der Waals surface area (Å²) in [4.78, 5) is 16.5. The number of rotatable bonds is 0. The van der Waals surface area contributed by atoms with Gasteiger partial charge in [-0.3, -0.25) is 0 Å². The zero-order valence-electron chi connectivity index (χ0n) is 4.16. The van der Waals surface area contributed by atoms with Crippen molar-refractivity contribution in [2.45, 2.75) is 0 Å². The van der Waals surface area contributed by atoms with Gasteiger partial charge in [-0.15, -0.1) is 0 Å². The van der Waals surface area contributed by atoms with Crippen molar-refractivity contribution in [1.29, 1.82) is 0 Å². The van der Waals surface area contributed by atoms with E-state index in [1.807, 2.05) is 0 Å². The minimum absolute atomic E-state index is 0. The molecule has 0 aliphatic carbocycles. The van der Waals surface area contributed by atoms with E-state index in [2.05, 4.69) is 0 Å².